The van der Waals surface area contributed by atoms with Crippen LogP contribution in [-0.4, -0.2) is 36.0 Å². The second-order valence-corrected chi connectivity index (χ2v) is 9.52. The quantitative estimate of drug-likeness (QED) is 0.533. The molecule has 1 aromatic heterocycles. The van der Waals surface area contributed by atoms with Crippen LogP contribution in [0, 0.1) is 0 Å². The molecular formula is C22H23NO3S2. The van der Waals surface area contributed by atoms with E-state index in [0.29, 0.717) is 4.58 Å². The maximum Gasteiger partial charge on any atom is 0.260 e. The van der Waals surface area contributed by atoms with E-state index in [0.717, 1.165) is 22.5 Å². The van der Waals surface area contributed by atoms with Crippen LogP contribution in [0.1, 0.15) is 28.9 Å². The van der Waals surface area contributed by atoms with Gasteiger partial charge >= 0.3 is 0 Å². The van der Waals surface area contributed by atoms with Crippen LogP contribution in [-0.2, 0) is 4.79 Å². The Bertz CT molecular complexity index is 915. The van der Waals surface area contributed by atoms with Gasteiger partial charge in [-0.15, -0.1) is 23.5 Å². The van der Waals surface area contributed by atoms with Crippen molar-refractivity contribution in [3.8, 4) is 5.75 Å². The molecular weight excluding hydrogens is 390 g/mol. The van der Waals surface area contributed by atoms with E-state index < -0.39 is 0 Å². The molecule has 0 bridgehead atoms. The summed E-state index contributed by atoms with van der Waals surface area (Å²) >= 11 is 3.96. The lowest BCUT2D eigenvalue weighted by molar-refractivity contribution is -0.134. The molecule has 0 saturated carbocycles. The lowest BCUT2D eigenvalue weighted by Gasteiger charge is -2.23. The van der Waals surface area contributed by atoms with Crippen molar-refractivity contribution in [2.75, 3.05) is 25.2 Å². The van der Waals surface area contributed by atoms with Crippen LogP contribution in [0.2, 0.25) is 0 Å². The average Bonchev–Trinajstić information content (AvgIpc) is 3.41. The van der Waals surface area contributed by atoms with Gasteiger partial charge in [-0.1, -0.05) is 30.3 Å². The Balaban J connectivity index is 1.34. The smallest absolute Gasteiger partial charge is 0.260 e. The van der Waals surface area contributed by atoms with E-state index in [9.17, 15) is 4.79 Å². The molecule has 0 radical (unpaired) electrons. The van der Waals surface area contributed by atoms with Crippen LogP contribution < -0.4 is 4.74 Å². The second-order valence-electron chi connectivity index (χ2n) is 6.80. The molecule has 1 fully saturated rings. The largest absolute Gasteiger partial charge is 0.484 e. The van der Waals surface area contributed by atoms with Crippen molar-refractivity contribution < 1.29 is 13.9 Å². The third kappa shape index (κ3) is 4.18. The summed E-state index contributed by atoms with van der Waals surface area (Å²) < 4.78 is 12.1. The van der Waals surface area contributed by atoms with E-state index in [-0.39, 0.29) is 18.6 Å². The van der Waals surface area contributed by atoms with Crippen LogP contribution in [0.3, 0.4) is 0 Å². The fraction of sp³-hybridized carbons (Fsp3) is 0.318. The maximum absolute atomic E-state index is 12.6. The minimum absolute atomic E-state index is 0.00729. The Morgan fingerprint density at radius 2 is 1.89 bits per heavy atom. The molecule has 2 heterocycles. The lowest BCUT2D eigenvalue weighted by atomic mass is 10.2. The predicted molar refractivity (Wildman–Crippen MR) is 117 cm³/mol. The molecule has 3 aromatic rings. The third-order valence-electron chi connectivity index (χ3n) is 4.97. The topological polar surface area (TPSA) is 42.7 Å². The average molecular weight is 414 g/mol. The van der Waals surface area contributed by atoms with E-state index in [2.05, 4.69) is 12.1 Å². The highest BCUT2D eigenvalue weighted by atomic mass is 32.2. The van der Waals surface area contributed by atoms with Gasteiger partial charge in [-0.25, -0.2) is 0 Å². The van der Waals surface area contributed by atoms with Crippen molar-refractivity contribution in [1.29, 1.82) is 0 Å². The Morgan fingerprint density at radius 1 is 1.18 bits per heavy atom. The number of hydrogen-bond donors (Lipinski definition) is 0. The SMILES string of the molecule is CC(c1cc2ccccc2o1)N(C)C(=O)COc1ccc(C2SCCS2)cc1. The summed E-state index contributed by atoms with van der Waals surface area (Å²) in [4.78, 5) is 14.2. The second kappa shape index (κ2) is 8.53. The van der Waals surface area contributed by atoms with Gasteiger partial charge in [0.15, 0.2) is 6.61 Å². The Hall–Kier alpha value is -2.05. The molecule has 1 unspecified atom stereocenters. The fourth-order valence-corrected chi connectivity index (χ4v) is 5.99. The summed E-state index contributed by atoms with van der Waals surface area (Å²) in [6.07, 6.45) is 0. The number of thioether (sulfide) groups is 2. The number of amides is 1. The molecule has 0 N–H and O–H groups in total. The zero-order chi connectivity index (χ0) is 19.5. The third-order valence-corrected chi connectivity index (χ3v) is 8.07. The first-order valence-corrected chi connectivity index (χ1v) is 11.4. The van der Waals surface area contributed by atoms with Crippen molar-refractivity contribution >= 4 is 40.4 Å². The normalized spacial score (nSPS) is 15.6. The summed E-state index contributed by atoms with van der Waals surface area (Å²) in [5.74, 6) is 3.82. The van der Waals surface area contributed by atoms with Gasteiger partial charge in [0.1, 0.15) is 17.1 Å². The number of furan rings is 1. The molecule has 1 saturated heterocycles. The number of ether oxygens (including phenoxy) is 1. The predicted octanol–water partition coefficient (Wildman–Crippen LogP) is 5.51. The van der Waals surface area contributed by atoms with E-state index in [1.165, 1.54) is 17.1 Å². The zero-order valence-corrected chi connectivity index (χ0v) is 17.6. The molecule has 1 atom stereocenters. The van der Waals surface area contributed by atoms with Crippen LogP contribution in [0.25, 0.3) is 11.0 Å². The zero-order valence-electron chi connectivity index (χ0n) is 16.0. The van der Waals surface area contributed by atoms with Gasteiger partial charge in [0.2, 0.25) is 0 Å². The minimum atomic E-state index is -0.165. The van der Waals surface area contributed by atoms with Crippen LogP contribution in [0.4, 0.5) is 0 Å². The minimum Gasteiger partial charge on any atom is -0.484 e. The molecule has 6 heteroatoms. The molecule has 0 aliphatic carbocycles. The molecule has 1 aliphatic rings. The van der Waals surface area contributed by atoms with Gasteiger partial charge in [-0.2, -0.15) is 0 Å². The molecule has 2 aromatic carbocycles. The number of likely N-dealkylation sites (N-methyl/N-ethyl adjacent to an activating group) is 1. The molecule has 0 spiro atoms. The van der Waals surface area contributed by atoms with Gasteiger partial charge < -0.3 is 14.1 Å². The first kappa shape index (κ1) is 19.3. The first-order valence-electron chi connectivity index (χ1n) is 9.32. The number of fused-ring (bicyclic) bond motifs is 1. The number of para-hydroxylation sites is 1. The van der Waals surface area contributed by atoms with Crippen molar-refractivity contribution in [3.05, 3.63) is 65.9 Å². The Morgan fingerprint density at radius 3 is 2.61 bits per heavy atom. The highest BCUT2D eigenvalue weighted by Crippen LogP contribution is 2.45. The molecule has 146 valence electrons. The summed E-state index contributed by atoms with van der Waals surface area (Å²) in [7, 11) is 1.78. The van der Waals surface area contributed by atoms with Gasteiger partial charge in [0.25, 0.3) is 5.91 Å². The maximum atomic E-state index is 12.6. The summed E-state index contributed by atoms with van der Waals surface area (Å²) in [6.45, 7) is 1.97. The molecule has 1 aliphatic heterocycles. The van der Waals surface area contributed by atoms with E-state index in [4.69, 9.17) is 9.15 Å². The fourth-order valence-electron chi connectivity index (χ4n) is 3.13. The monoisotopic (exact) mass is 413 g/mol. The summed E-state index contributed by atoms with van der Waals surface area (Å²) in [5.41, 5.74) is 2.14. The number of rotatable bonds is 6. The van der Waals surface area contributed by atoms with Gasteiger partial charge in [0, 0.05) is 23.9 Å². The number of benzene rings is 2. The van der Waals surface area contributed by atoms with Crippen molar-refractivity contribution in [3.63, 3.8) is 0 Å². The number of carbonyl (C=O) groups excluding carboxylic acids is 1. The molecule has 4 nitrogen and oxygen atoms in total. The first-order chi connectivity index (χ1) is 13.6. The van der Waals surface area contributed by atoms with Gasteiger partial charge in [-0.3, -0.25) is 4.79 Å². The number of hydrogen-bond acceptors (Lipinski definition) is 5. The van der Waals surface area contributed by atoms with Crippen LogP contribution in [0.15, 0.2) is 59.0 Å². The van der Waals surface area contributed by atoms with Crippen LogP contribution >= 0.6 is 23.5 Å². The molecule has 1 amide bonds. The Labute approximate surface area is 173 Å². The van der Waals surface area contributed by atoms with Gasteiger partial charge in [0.05, 0.1) is 10.6 Å². The van der Waals surface area contributed by atoms with Crippen molar-refractivity contribution in [2.45, 2.75) is 17.5 Å². The van der Waals surface area contributed by atoms with Crippen molar-refractivity contribution in [2.24, 2.45) is 0 Å². The lowest BCUT2D eigenvalue weighted by Crippen LogP contribution is -2.33. The van der Waals surface area contributed by atoms with E-state index >= 15 is 0 Å². The summed E-state index contributed by atoms with van der Waals surface area (Å²) in [5, 5.41) is 1.04. The molecule has 4 rings (SSSR count). The van der Waals surface area contributed by atoms with E-state index in [1.54, 1.807) is 11.9 Å². The summed E-state index contributed by atoms with van der Waals surface area (Å²) in [6, 6.07) is 17.8. The Kier molecular flexibility index (Phi) is 5.87. The van der Waals surface area contributed by atoms with Crippen molar-refractivity contribution in [1.82, 2.24) is 4.90 Å². The highest BCUT2D eigenvalue weighted by Gasteiger charge is 2.21. The van der Waals surface area contributed by atoms with Gasteiger partial charge in [-0.05, 0) is 36.8 Å². The van der Waals surface area contributed by atoms with E-state index in [1.807, 2.05) is 72.9 Å². The molecule has 28 heavy (non-hydrogen) atoms. The number of nitrogens with zero attached hydrogens (tertiary/aromatic N) is 1. The highest BCUT2D eigenvalue weighted by molar-refractivity contribution is 8.19. The van der Waals surface area contributed by atoms with Crippen LogP contribution in [0.5, 0.6) is 5.75 Å². The standard InChI is InChI=1S/C22H23NO3S2/c1-15(20-13-17-5-3-4-6-19(17)26-20)23(2)21(24)14-25-18-9-7-16(8-10-18)22-27-11-12-28-22/h3-10,13,15,22H,11-12,14H2,1-2H3. The number of carbonyl (C=O) groups is 1.